The van der Waals surface area contributed by atoms with Crippen molar-refractivity contribution in [1.82, 2.24) is 5.32 Å². The summed E-state index contributed by atoms with van der Waals surface area (Å²) in [4.78, 5) is 11.7. The summed E-state index contributed by atoms with van der Waals surface area (Å²) in [6.07, 6.45) is 2.16. The van der Waals surface area contributed by atoms with Gasteiger partial charge in [0, 0.05) is 6.54 Å². The van der Waals surface area contributed by atoms with Crippen molar-refractivity contribution in [3.8, 4) is 0 Å². The smallest absolute Gasteiger partial charge is 0.225 e. The van der Waals surface area contributed by atoms with E-state index in [1.54, 1.807) is 0 Å². The number of aliphatic hydroxyl groups is 2. The van der Waals surface area contributed by atoms with Crippen LogP contribution in [0.3, 0.4) is 0 Å². The Morgan fingerprint density at radius 1 is 1.44 bits per heavy atom. The van der Waals surface area contributed by atoms with Crippen molar-refractivity contribution >= 4 is 5.91 Å². The Bertz CT molecular complexity index is 230. The van der Waals surface area contributed by atoms with Gasteiger partial charge in [0.1, 0.15) is 0 Å². The van der Waals surface area contributed by atoms with Crippen molar-refractivity contribution in [2.24, 2.45) is 11.8 Å². The van der Waals surface area contributed by atoms with Gasteiger partial charge in [0.25, 0.3) is 0 Å². The highest BCUT2D eigenvalue weighted by molar-refractivity contribution is 5.79. The molecule has 4 heteroatoms. The normalized spacial score (nSPS) is 27.1. The van der Waals surface area contributed by atoms with E-state index in [-0.39, 0.29) is 23.8 Å². The second-order valence-corrected chi connectivity index (χ2v) is 5.00. The maximum atomic E-state index is 11.7. The zero-order valence-corrected chi connectivity index (χ0v) is 10.1. The molecule has 3 N–H and O–H groups in total. The summed E-state index contributed by atoms with van der Waals surface area (Å²) in [5.41, 5.74) is 0. The molecule has 0 spiro atoms. The van der Waals surface area contributed by atoms with Gasteiger partial charge in [0.15, 0.2) is 0 Å². The van der Waals surface area contributed by atoms with Crippen molar-refractivity contribution in [1.29, 1.82) is 0 Å². The minimum atomic E-state index is -0.477. The van der Waals surface area contributed by atoms with Crippen LogP contribution < -0.4 is 5.32 Å². The lowest BCUT2D eigenvalue weighted by Crippen LogP contribution is -2.36. The van der Waals surface area contributed by atoms with E-state index in [0.717, 1.165) is 19.3 Å². The van der Waals surface area contributed by atoms with Gasteiger partial charge in [0.2, 0.25) is 5.91 Å². The molecule has 0 aromatic rings. The summed E-state index contributed by atoms with van der Waals surface area (Å²) in [5.74, 6) is -0.0916. The first-order valence-electron chi connectivity index (χ1n) is 6.16. The minimum absolute atomic E-state index is 0.0686. The molecule has 0 saturated heterocycles. The van der Waals surface area contributed by atoms with E-state index in [1.165, 1.54) is 0 Å². The lowest BCUT2D eigenvalue weighted by molar-refractivity contribution is -0.127. The topological polar surface area (TPSA) is 69.6 Å². The molecule has 0 radical (unpaired) electrons. The molecule has 1 fully saturated rings. The van der Waals surface area contributed by atoms with Crippen LogP contribution in [0.5, 0.6) is 0 Å². The number of hydrogen-bond acceptors (Lipinski definition) is 3. The largest absolute Gasteiger partial charge is 0.393 e. The van der Waals surface area contributed by atoms with Crippen LogP contribution in [0.1, 0.15) is 39.5 Å². The lowest BCUT2D eigenvalue weighted by Gasteiger charge is -2.17. The third-order valence-electron chi connectivity index (χ3n) is 3.33. The summed E-state index contributed by atoms with van der Waals surface area (Å²) >= 11 is 0. The fourth-order valence-electron chi connectivity index (χ4n) is 2.05. The number of rotatable bonds is 5. The summed E-state index contributed by atoms with van der Waals surface area (Å²) < 4.78 is 0. The van der Waals surface area contributed by atoms with Crippen molar-refractivity contribution in [3.63, 3.8) is 0 Å². The summed E-state index contributed by atoms with van der Waals surface area (Å²) in [6, 6.07) is 0. The average Bonchev–Trinajstić information content (AvgIpc) is 2.64. The van der Waals surface area contributed by atoms with Crippen molar-refractivity contribution < 1.29 is 15.0 Å². The third kappa shape index (κ3) is 3.76. The molecule has 1 aliphatic rings. The van der Waals surface area contributed by atoms with Gasteiger partial charge in [-0.15, -0.1) is 0 Å². The molecular formula is C12H23NO3. The maximum absolute atomic E-state index is 11.7. The van der Waals surface area contributed by atoms with Crippen molar-refractivity contribution in [3.05, 3.63) is 0 Å². The molecule has 1 aliphatic carbocycles. The number of carbonyl (C=O) groups excluding carboxylic acids is 1. The zero-order chi connectivity index (χ0) is 12.1. The Morgan fingerprint density at radius 2 is 2.12 bits per heavy atom. The Hall–Kier alpha value is -0.610. The first kappa shape index (κ1) is 13.5. The van der Waals surface area contributed by atoms with Crippen molar-refractivity contribution in [2.45, 2.75) is 51.7 Å². The lowest BCUT2D eigenvalue weighted by atomic mass is 10.0. The predicted molar refractivity (Wildman–Crippen MR) is 61.8 cm³/mol. The second-order valence-electron chi connectivity index (χ2n) is 5.00. The molecule has 16 heavy (non-hydrogen) atoms. The molecule has 0 heterocycles. The summed E-state index contributed by atoms with van der Waals surface area (Å²) in [7, 11) is 0. The molecule has 94 valence electrons. The van der Waals surface area contributed by atoms with E-state index in [1.807, 2.05) is 13.8 Å². The van der Waals surface area contributed by atoms with Gasteiger partial charge in [-0.2, -0.15) is 0 Å². The molecule has 1 rings (SSSR count). The van der Waals surface area contributed by atoms with Gasteiger partial charge in [-0.3, -0.25) is 4.79 Å². The van der Waals surface area contributed by atoms with Crippen LogP contribution in [0.25, 0.3) is 0 Å². The van der Waals surface area contributed by atoms with Crippen LogP contribution in [0.4, 0.5) is 0 Å². The molecule has 3 unspecified atom stereocenters. The van der Waals surface area contributed by atoms with E-state index in [2.05, 4.69) is 5.32 Å². The van der Waals surface area contributed by atoms with Gasteiger partial charge in [0.05, 0.1) is 18.1 Å². The van der Waals surface area contributed by atoms with Crippen molar-refractivity contribution in [2.75, 3.05) is 6.54 Å². The molecule has 1 saturated carbocycles. The van der Waals surface area contributed by atoms with E-state index >= 15 is 0 Å². The first-order chi connectivity index (χ1) is 7.52. The molecule has 0 bridgehead atoms. The maximum Gasteiger partial charge on any atom is 0.225 e. The Labute approximate surface area is 97.0 Å². The molecule has 1 amide bonds. The summed E-state index contributed by atoms with van der Waals surface area (Å²) in [5, 5.41) is 21.9. The highest BCUT2D eigenvalue weighted by Crippen LogP contribution is 2.25. The van der Waals surface area contributed by atoms with E-state index in [4.69, 9.17) is 0 Å². The fraction of sp³-hybridized carbons (Fsp3) is 0.917. The number of aliphatic hydroxyl groups excluding tert-OH is 2. The Balaban J connectivity index is 2.20. The average molecular weight is 229 g/mol. The molecule has 0 aliphatic heterocycles. The van der Waals surface area contributed by atoms with Crippen LogP contribution in [-0.2, 0) is 4.79 Å². The van der Waals surface area contributed by atoms with Crippen LogP contribution >= 0.6 is 0 Å². The summed E-state index contributed by atoms with van der Waals surface area (Å²) in [6.45, 7) is 4.39. The van der Waals surface area contributed by atoms with Gasteiger partial charge < -0.3 is 15.5 Å². The van der Waals surface area contributed by atoms with Crippen LogP contribution in [-0.4, -0.2) is 34.9 Å². The van der Waals surface area contributed by atoms with E-state index in [0.29, 0.717) is 13.0 Å². The predicted octanol–water partition coefficient (Wildman–Crippen LogP) is 0.671. The minimum Gasteiger partial charge on any atom is -0.393 e. The first-order valence-corrected chi connectivity index (χ1v) is 6.16. The Kier molecular flexibility index (Phi) is 5.22. The molecular weight excluding hydrogens is 206 g/mol. The highest BCUT2D eigenvalue weighted by Gasteiger charge is 2.31. The number of hydrogen-bond donors (Lipinski definition) is 3. The van der Waals surface area contributed by atoms with Gasteiger partial charge in [-0.25, -0.2) is 0 Å². The number of nitrogens with one attached hydrogen (secondary N) is 1. The second kappa shape index (κ2) is 6.21. The monoisotopic (exact) mass is 229 g/mol. The highest BCUT2D eigenvalue weighted by atomic mass is 16.3. The Morgan fingerprint density at radius 3 is 2.62 bits per heavy atom. The third-order valence-corrected chi connectivity index (χ3v) is 3.33. The van der Waals surface area contributed by atoms with Crippen LogP contribution in [0.15, 0.2) is 0 Å². The number of amides is 1. The van der Waals surface area contributed by atoms with Crippen LogP contribution in [0, 0.1) is 11.8 Å². The standard InChI is InChI=1S/C12H23NO3/c1-8(2)10(14)6-7-13-12(16)9-4-3-5-11(9)15/h8-11,14-15H,3-7H2,1-2H3,(H,13,16). The van der Waals surface area contributed by atoms with Gasteiger partial charge >= 0.3 is 0 Å². The molecule has 3 atom stereocenters. The van der Waals surface area contributed by atoms with Crippen LogP contribution in [0.2, 0.25) is 0 Å². The van der Waals surface area contributed by atoms with E-state index in [9.17, 15) is 15.0 Å². The molecule has 0 aromatic heterocycles. The van der Waals surface area contributed by atoms with Gasteiger partial charge in [-0.1, -0.05) is 13.8 Å². The van der Waals surface area contributed by atoms with Gasteiger partial charge in [-0.05, 0) is 31.6 Å². The molecule has 0 aromatic carbocycles. The zero-order valence-electron chi connectivity index (χ0n) is 10.1. The number of carbonyl (C=O) groups is 1. The van der Waals surface area contributed by atoms with E-state index < -0.39 is 6.10 Å². The SMILES string of the molecule is CC(C)C(O)CCNC(=O)C1CCCC1O. The molecule has 4 nitrogen and oxygen atoms in total. The quantitative estimate of drug-likeness (QED) is 0.649. The fourth-order valence-corrected chi connectivity index (χ4v) is 2.05.